The topological polar surface area (TPSA) is 41.6 Å². The first kappa shape index (κ1) is 14.5. The van der Waals surface area contributed by atoms with Crippen LogP contribution in [0.1, 0.15) is 27.7 Å². The number of ether oxygens (including phenoxy) is 1. The Morgan fingerprint density at radius 2 is 2.00 bits per heavy atom. The third-order valence-corrected chi connectivity index (χ3v) is 3.25. The van der Waals surface area contributed by atoms with Crippen LogP contribution in [0.5, 0.6) is 0 Å². The molecule has 17 heavy (non-hydrogen) atoms. The van der Waals surface area contributed by atoms with E-state index < -0.39 is 0 Å². The molecule has 1 aliphatic rings. The molecule has 1 aliphatic heterocycles. The van der Waals surface area contributed by atoms with Gasteiger partial charge in [-0.15, -0.1) is 0 Å². The van der Waals surface area contributed by atoms with E-state index in [0.29, 0.717) is 5.92 Å². The van der Waals surface area contributed by atoms with Crippen LogP contribution in [-0.2, 0) is 9.53 Å². The van der Waals surface area contributed by atoms with Gasteiger partial charge in [-0.05, 0) is 13.0 Å². The summed E-state index contributed by atoms with van der Waals surface area (Å²) in [4.78, 5) is 14.1. The molecule has 0 unspecified atom stereocenters. The molecule has 0 aromatic carbocycles. The van der Waals surface area contributed by atoms with E-state index in [2.05, 4.69) is 31.1 Å². The van der Waals surface area contributed by atoms with Crippen molar-refractivity contribution in [2.24, 2.45) is 11.8 Å². The summed E-state index contributed by atoms with van der Waals surface area (Å²) in [6.45, 7) is 10.7. The van der Waals surface area contributed by atoms with Gasteiger partial charge in [-0.25, -0.2) is 0 Å². The molecular formula is C13H26N2O2. The Bertz CT molecular complexity index is 254. The lowest BCUT2D eigenvalue weighted by Gasteiger charge is -2.37. The van der Waals surface area contributed by atoms with Crippen LogP contribution < -0.4 is 5.32 Å². The second-order valence-corrected chi connectivity index (χ2v) is 5.60. The van der Waals surface area contributed by atoms with E-state index in [4.69, 9.17) is 4.74 Å². The van der Waals surface area contributed by atoms with Crippen molar-refractivity contribution in [1.29, 1.82) is 0 Å². The molecule has 1 fully saturated rings. The second-order valence-electron chi connectivity index (χ2n) is 5.60. The first-order chi connectivity index (χ1) is 7.91. The summed E-state index contributed by atoms with van der Waals surface area (Å²) in [6, 6.07) is 0.104. The van der Waals surface area contributed by atoms with E-state index >= 15 is 0 Å². The predicted molar refractivity (Wildman–Crippen MR) is 68.8 cm³/mol. The highest BCUT2D eigenvalue weighted by molar-refractivity contribution is 5.78. The Balaban J connectivity index is 2.61. The molecule has 1 N–H and O–H groups in total. The summed E-state index contributed by atoms with van der Waals surface area (Å²) in [5.41, 5.74) is 0. The average Bonchev–Trinajstić information content (AvgIpc) is 2.24. The molecule has 1 rings (SSSR count). The van der Waals surface area contributed by atoms with Gasteiger partial charge in [-0.1, -0.05) is 27.7 Å². The van der Waals surface area contributed by atoms with E-state index in [1.54, 1.807) is 0 Å². The number of rotatable bonds is 4. The fourth-order valence-corrected chi connectivity index (χ4v) is 2.05. The Morgan fingerprint density at radius 1 is 1.35 bits per heavy atom. The van der Waals surface area contributed by atoms with Gasteiger partial charge in [0.05, 0.1) is 18.8 Å². The number of likely N-dealkylation sites (N-methyl/N-ethyl adjacent to an activating group) is 1. The van der Waals surface area contributed by atoms with Crippen molar-refractivity contribution in [3.63, 3.8) is 0 Å². The zero-order valence-corrected chi connectivity index (χ0v) is 11.7. The molecule has 1 amide bonds. The maximum atomic E-state index is 11.8. The summed E-state index contributed by atoms with van der Waals surface area (Å²) in [7, 11) is 2.09. The van der Waals surface area contributed by atoms with Gasteiger partial charge in [-0.3, -0.25) is 4.79 Å². The summed E-state index contributed by atoms with van der Waals surface area (Å²) in [6.07, 6.45) is 0.108. The van der Waals surface area contributed by atoms with E-state index in [1.165, 1.54) is 0 Å². The molecule has 0 aromatic rings. The molecule has 0 bridgehead atoms. The molecule has 0 aromatic heterocycles. The molecule has 0 aliphatic carbocycles. The highest BCUT2D eigenvalue weighted by Gasteiger charge is 2.30. The average molecular weight is 242 g/mol. The Labute approximate surface area is 105 Å². The van der Waals surface area contributed by atoms with Crippen molar-refractivity contribution in [2.45, 2.75) is 39.8 Å². The number of hydrogen-bond acceptors (Lipinski definition) is 3. The normalized spacial score (nSPS) is 24.1. The largest absolute Gasteiger partial charge is 0.373 e. The number of carbonyl (C=O) groups excluding carboxylic acids is 1. The fraction of sp³-hybridized carbons (Fsp3) is 0.923. The lowest BCUT2D eigenvalue weighted by molar-refractivity contribution is -0.127. The minimum Gasteiger partial charge on any atom is -0.373 e. The van der Waals surface area contributed by atoms with E-state index in [-0.39, 0.29) is 24.0 Å². The summed E-state index contributed by atoms with van der Waals surface area (Å²) in [5.74, 6) is 0.521. The predicted octanol–water partition coefficient (Wildman–Crippen LogP) is 1.11. The smallest absolute Gasteiger partial charge is 0.222 e. The third kappa shape index (κ3) is 4.28. The standard InChI is InChI=1S/C13H26N2O2/c1-9(2)12(14-13(16)10(3)4)11-8-15(5)6-7-17-11/h9-12H,6-8H2,1-5H3,(H,14,16)/t11-,12+/m0/s1. The van der Waals surface area contributed by atoms with Crippen LogP contribution in [0.25, 0.3) is 0 Å². The van der Waals surface area contributed by atoms with Crippen LogP contribution in [0.15, 0.2) is 0 Å². The minimum atomic E-state index is 0.0255. The van der Waals surface area contributed by atoms with Crippen molar-refractivity contribution in [2.75, 3.05) is 26.7 Å². The van der Waals surface area contributed by atoms with Gasteiger partial charge in [0.25, 0.3) is 0 Å². The van der Waals surface area contributed by atoms with Crippen molar-refractivity contribution < 1.29 is 9.53 Å². The van der Waals surface area contributed by atoms with Gasteiger partial charge < -0.3 is 15.0 Å². The monoisotopic (exact) mass is 242 g/mol. The van der Waals surface area contributed by atoms with E-state index in [1.807, 2.05) is 13.8 Å². The summed E-state index contributed by atoms with van der Waals surface area (Å²) < 4.78 is 5.80. The Kier molecular flexibility index (Phi) is 5.40. The van der Waals surface area contributed by atoms with Gasteiger partial charge in [-0.2, -0.15) is 0 Å². The van der Waals surface area contributed by atoms with Crippen LogP contribution in [-0.4, -0.2) is 49.7 Å². The van der Waals surface area contributed by atoms with E-state index in [0.717, 1.165) is 19.7 Å². The molecule has 4 heteroatoms. The minimum absolute atomic E-state index is 0.0255. The first-order valence-electron chi connectivity index (χ1n) is 6.52. The van der Waals surface area contributed by atoms with Crippen LogP contribution in [0, 0.1) is 11.8 Å². The molecule has 0 spiro atoms. The molecule has 4 nitrogen and oxygen atoms in total. The van der Waals surface area contributed by atoms with Crippen molar-refractivity contribution >= 4 is 5.91 Å². The third-order valence-electron chi connectivity index (χ3n) is 3.25. The maximum Gasteiger partial charge on any atom is 0.222 e. The number of nitrogens with zero attached hydrogens (tertiary/aromatic N) is 1. The van der Waals surface area contributed by atoms with Crippen molar-refractivity contribution in [1.82, 2.24) is 10.2 Å². The Hall–Kier alpha value is -0.610. The van der Waals surface area contributed by atoms with Gasteiger partial charge in [0.15, 0.2) is 0 Å². The molecule has 100 valence electrons. The number of amides is 1. The van der Waals surface area contributed by atoms with Crippen LogP contribution in [0.4, 0.5) is 0 Å². The van der Waals surface area contributed by atoms with Crippen LogP contribution in [0.3, 0.4) is 0 Å². The maximum absolute atomic E-state index is 11.8. The summed E-state index contributed by atoms with van der Waals surface area (Å²) in [5, 5.41) is 3.12. The lowest BCUT2D eigenvalue weighted by Crippen LogP contribution is -2.55. The van der Waals surface area contributed by atoms with Crippen LogP contribution in [0.2, 0.25) is 0 Å². The highest BCUT2D eigenvalue weighted by atomic mass is 16.5. The first-order valence-corrected chi connectivity index (χ1v) is 6.52. The second kappa shape index (κ2) is 6.36. The van der Waals surface area contributed by atoms with Gasteiger partial charge in [0.1, 0.15) is 0 Å². The molecule has 1 saturated heterocycles. The van der Waals surface area contributed by atoms with Crippen LogP contribution >= 0.6 is 0 Å². The van der Waals surface area contributed by atoms with Gasteiger partial charge in [0.2, 0.25) is 5.91 Å². The zero-order chi connectivity index (χ0) is 13.0. The van der Waals surface area contributed by atoms with Gasteiger partial charge in [0, 0.05) is 19.0 Å². The molecular weight excluding hydrogens is 216 g/mol. The molecule has 0 saturated carbocycles. The van der Waals surface area contributed by atoms with E-state index in [9.17, 15) is 4.79 Å². The number of carbonyl (C=O) groups is 1. The number of nitrogens with one attached hydrogen (secondary N) is 1. The quantitative estimate of drug-likeness (QED) is 0.803. The van der Waals surface area contributed by atoms with Gasteiger partial charge >= 0.3 is 0 Å². The number of morpholine rings is 1. The summed E-state index contributed by atoms with van der Waals surface area (Å²) >= 11 is 0. The highest BCUT2D eigenvalue weighted by Crippen LogP contribution is 2.15. The number of hydrogen-bond donors (Lipinski definition) is 1. The fourth-order valence-electron chi connectivity index (χ4n) is 2.05. The molecule has 2 atom stereocenters. The lowest BCUT2D eigenvalue weighted by atomic mass is 9.96. The van der Waals surface area contributed by atoms with Crippen molar-refractivity contribution in [3.8, 4) is 0 Å². The molecule has 0 radical (unpaired) electrons. The Morgan fingerprint density at radius 3 is 2.47 bits per heavy atom. The van der Waals surface area contributed by atoms with Crippen molar-refractivity contribution in [3.05, 3.63) is 0 Å². The zero-order valence-electron chi connectivity index (χ0n) is 11.7. The molecule has 1 heterocycles. The SMILES string of the molecule is CC(C)C(=O)N[C@H](C(C)C)[C@@H]1CN(C)CCO1.